The van der Waals surface area contributed by atoms with Crippen LogP contribution < -0.4 is 20.5 Å². The van der Waals surface area contributed by atoms with Gasteiger partial charge in [-0.05, 0) is 55.4 Å². The van der Waals surface area contributed by atoms with E-state index < -0.39 is 0 Å². The first-order valence-electron chi connectivity index (χ1n) is 10.8. The lowest BCUT2D eigenvalue weighted by atomic mass is 9.87. The van der Waals surface area contributed by atoms with Gasteiger partial charge in [0.05, 0.1) is 13.3 Å². The second kappa shape index (κ2) is 7.51. The van der Waals surface area contributed by atoms with Crippen molar-refractivity contribution in [1.29, 1.82) is 0 Å². The van der Waals surface area contributed by atoms with Crippen LogP contribution >= 0.6 is 23.1 Å². The van der Waals surface area contributed by atoms with Crippen LogP contribution in [0.3, 0.4) is 0 Å². The van der Waals surface area contributed by atoms with Gasteiger partial charge in [-0.2, -0.15) is 0 Å². The van der Waals surface area contributed by atoms with Gasteiger partial charge in [-0.1, -0.05) is 30.8 Å². The van der Waals surface area contributed by atoms with Crippen molar-refractivity contribution in [2.45, 2.75) is 56.4 Å². The van der Waals surface area contributed by atoms with Crippen LogP contribution in [0.15, 0.2) is 29.4 Å². The Balaban J connectivity index is 1.39. The molecule has 1 fully saturated rings. The molecule has 6 rings (SSSR count). The number of hydrogen-bond acceptors (Lipinski definition) is 8. The Morgan fingerprint density at radius 3 is 2.87 bits per heavy atom. The molecule has 2 aliphatic heterocycles. The van der Waals surface area contributed by atoms with E-state index in [4.69, 9.17) is 4.74 Å². The Bertz CT molecular complexity index is 1120. The summed E-state index contributed by atoms with van der Waals surface area (Å²) in [6.45, 7) is 4.52. The Labute approximate surface area is 190 Å². The summed E-state index contributed by atoms with van der Waals surface area (Å²) in [6.07, 6.45) is 3.92. The number of nitrogens with zero attached hydrogens (tertiary/aromatic N) is 4. The fourth-order valence-corrected chi connectivity index (χ4v) is 7.11. The highest BCUT2D eigenvalue weighted by Crippen LogP contribution is 2.48. The van der Waals surface area contributed by atoms with Gasteiger partial charge in [0.1, 0.15) is 16.9 Å². The van der Waals surface area contributed by atoms with E-state index in [1.54, 1.807) is 24.4 Å². The third-order valence-corrected chi connectivity index (χ3v) is 8.66. The molecule has 2 N–H and O–H groups in total. The summed E-state index contributed by atoms with van der Waals surface area (Å²) in [4.78, 5) is 1.54. The number of aryl methyl sites for hydroxylation is 1. The van der Waals surface area contributed by atoms with Gasteiger partial charge >= 0.3 is 0 Å². The molecule has 3 atom stereocenters. The lowest BCUT2D eigenvalue weighted by Crippen LogP contribution is -2.40. The third kappa shape index (κ3) is 3.17. The van der Waals surface area contributed by atoms with E-state index in [1.165, 1.54) is 33.8 Å². The molecule has 4 heterocycles. The van der Waals surface area contributed by atoms with E-state index in [0.29, 0.717) is 0 Å². The average Bonchev–Trinajstić information content (AvgIpc) is 3.46. The Morgan fingerprint density at radius 2 is 2.06 bits per heavy atom. The van der Waals surface area contributed by atoms with Crippen molar-refractivity contribution >= 4 is 29.0 Å². The van der Waals surface area contributed by atoms with Crippen LogP contribution in [0.1, 0.15) is 48.0 Å². The first-order chi connectivity index (χ1) is 15.1. The minimum Gasteiger partial charge on any atom is -0.497 e. The molecule has 0 saturated carbocycles. The van der Waals surface area contributed by atoms with Crippen molar-refractivity contribution in [3.63, 3.8) is 0 Å². The Kier molecular flexibility index (Phi) is 4.75. The SMILES string of the molecule is COc1ccc(CSc2nnc3n2-c2sc4c(c2C2NC(C)NN32)C[C@@H](C)CC4)cc1. The molecule has 9 heteroatoms. The Hall–Kier alpha value is -2.07. The van der Waals surface area contributed by atoms with Gasteiger partial charge in [-0.3, -0.25) is 10.3 Å². The number of ether oxygens (including phenoxy) is 1. The minimum atomic E-state index is 0.117. The summed E-state index contributed by atoms with van der Waals surface area (Å²) in [5.74, 6) is 3.32. The van der Waals surface area contributed by atoms with E-state index in [9.17, 15) is 0 Å². The van der Waals surface area contributed by atoms with Crippen LogP contribution in [-0.2, 0) is 18.6 Å². The quantitative estimate of drug-likeness (QED) is 0.577. The molecule has 1 saturated heterocycles. The highest BCUT2D eigenvalue weighted by molar-refractivity contribution is 7.98. The Morgan fingerprint density at radius 1 is 1.23 bits per heavy atom. The summed E-state index contributed by atoms with van der Waals surface area (Å²) in [5.41, 5.74) is 7.75. The first kappa shape index (κ1) is 19.6. The molecule has 1 aliphatic carbocycles. The predicted octanol–water partition coefficient (Wildman–Crippen LogP) is 4.03. The minimum absolute atomic E-state index is 0.117. The number of hydrogen-bond donors (Lipinski definition) is 2. The molecular weight excluding hydrogens is 428 g/mol. The summed E-state index contributed by atoms with van der Waals surface area (Å²) >= 11 is 3.67. The van der Waals surface area contributed by atoms with Crippen molar-refractivity contribution < 1.29 is 4.74 Å². The number of rotatable bonds is 4. The number of hydrazine groups is 1. The molecule has 0 radical (unpaired) electrons. The lowest BCUT2D eigenvalue weighted by molar-refractivity contribution is 0.414. The fourth-order valence-electron chi connectivity index (χ4n) is 4.79. The normalized spacial score (nSPS) is 23.8. The molecule has 3 aromatic rings. The monoisotopic (exact) mass is 454 g/mol. The lowest BCUT2D eigenvalue weighted by Gasteiger charge is -2.31. The fraction of sp³-hybridized carbons (Fsp3) is 0.455. The van der Waals surface area contributed by atoms with Crippen LogP contribution in [-0.4, -0.2) is 28.0 Å². The molecule has 3 aliphatic rings. The smallest absolute Gasteiger partial charge is 0.249 e. The van der Waals surface area contributed by atoms with Crippen molar-refractivity contribution in [3.8, 4) is 10.8 Å². The number of aromatic nitrogens is 3. The topological polar surface area (TPSA) is 67.2 Å². The van der Waals surface area contributed by atoms with Gasteiger partial charge in [-0.25, -0.2) is 9.99 Å². The number of thioether (sulfide) groups is 1. The molecule has 2 unspecified atom stereocenters. The summed E-state index contributed by atoms with van der Waals surface area (Å²) in [7, 11) is 1.70. The predicted molar refractivity (Wildman–Crippen MR) is 124 cm³/mol. The molecule has 31 heavy (non-hydrogen) atoms. The van der Waals surface area contributed by atoms with Crippen LogP contribution in [0.5, 0.6) is 5.75 Å². The van der Waals surface area contributed by atoms with E-state index >= 15 is 0 Å². The van der Waals surface area contributed by atoms with Gasteiger partial charge in [0.2, 0.25) is 5.95 Å². The van der Waals surface area contributed by atoms with Gasteiger partial charge in [0.15, 0.2) is 5.16 Å². The zero-order valence-corrected chi connectivity index (χ0v) is 19.5. The van der Waals surface area contributed by atoms with Gasteiger partial charge in [-0.15, -0.1) is 21.5 Å². The zero-order valence-electron chi connectivity index (χ0n) is 17.9. The number of nitrogens with one attached hydrogen (secondary N) is 2. The number of anilines is 1. The number of thiophene rings is 1. The molecule has 2 aromatic heterocycles. The number of fused-ring (bicyclic) bond motifs is 8. The largest absolute Gasteiger partial charge is 0.497 e. The maximum atomic E-state index is 5.28. The van der Waals surface area contributed by atoms with Crippen molar-refractivity contribution in [1.82, 2.24) is 25.5 Å². The van der Waals surface area contributed by atoms with Gasteiger partial charge in [0.25, 0.3) is 0 Å². The molecule has 0 spiro atoms. The van der Waals surface area contributed by atoms with Crippen molar-refractivity contribution in [2.24, 2.45) is 5.92 Å². The zero-order chi connectivity index (χ0) is 21.1. The maximum absolute atomic E-state index is 5.28. The van der Waals surface area contributed by atoms with Crippen LogP contribution in [0.4, 0.5) is 5.95 Å². The summed E-state index contributed by atoms with van der Waals surface area (Å²) in [5, 5.41) is 17.3. The van der Waals surface area contributed by atoms with E-state index in [2.05, 4.69) is 56.5 Å². The van der Waals surface area contributed by atoms with Crippen molar-refractivity contribution in [3.05, 3.63) is 45.8 Å². The van der Waals surface area contributed by atoms with Crippen LogP contribution in [0.2, 0.25) is 0 Å². The number of benzene rings is 1. The second-order valence-electron chi connectivity index (χ2n) is 8.62. The molecule has 0 bridgehead atoms. The van der Waals surface area contributed by atoms with E-state index in [-0.39, 0.29) is 12.3 Å². The molecule has 0 amide bonds. The molecule has 7 nitrogen and oxygen atoms in total. The second-order valence-corrected chi connectivity index (χ2v) is 10.6. The molecule has 162 valence electrons. The average molecular weight is 455 g/mol. The summed E-state index contributed by atoms with van der Waals surface area (Å²) in [6, 6.07) is 8.24. The van der Waals surface area contributed by atoms with E-state index in [1.807, 2.05) is 23.5 Å². The first-order valence-corrected chi connectivity index (χ1v) is 12.6. The summed E-state index contributed by atoms with van der Waals surface area (Å²) < 4.78 is 7.54. The molecule has 1 aromatic carbocycles. The van der Waals surface area contributed by atoms with Crippen molar-refractivity contribution in [2.75, 3.05) is 12.1 Å². The maximum Gasteiger partial charge on any atom is 0.249 e. The molecular formula is C22H26N6OS2. The van der Waals surface area contributed by atoms with Crippen LogP contribution in [0.25, 0.3) is 5.00 Å². The standard InChI is InChI=1S/C22H26N6OS2/c1-12-4-9-17-16(10-12)18-19-23-13(2)26-28(19)21-24-25-22(27(21)20(18)31-17)30-11-14-5-7-15(29-3)8-6-14/h5-8,12-13,19,23,26H,4,9-11H2,1-3H3/t12-,13?,19?/m0/s1. The van der Waals surface area contributed by atoms with Crippen LogP contribution in [0, 0.1) is 5.92 Å². The number of methoxy groups -OCH3 is 1. The van der Waals surface area contributed by atoms with Gasteiger partial charge < -0.3 is 4.74 Å². The third-order valence-electron chi connectivity index (χ3n) is 6.36. The highest BCUT2D eigenvalue weighted by Gasteiger charge is 2.43. The van der Waals surface area contributed by atoms with E-state index in [0.717, 1.165) is 34.9 Å². The van der Waals surface area contributed by atoms with Gasteiger partial charge in [0, 0.05) is 16.2 Å². The highest BCUT2D eigenvalue weighted by atomic mass is 32.2.